The Bertz CT molecular complexity index is 343. The topological polar surface area (TPSA) is 50.9 Å². The Balaban J connectivity index is 2.11. The zero-order chi connectivity index (χ0) is 11.4. The second-order valence-electron chi connectivity index (χ2n) is 4.83. The van der Waals surface area contributed by atoms with Gasteiger partial charge in [0, 0.05) is 12.2 Å². The predicted octanol–water partition coefficient (Wildman–Crippen LogP) is 2.46. The molecule has 1 saturated carbocycles. The molecule has 0 saturated heterocycles. The zero-order valence-electron chi connectivity index (χ0n) is 10.00. The number of aromatic nitrogens is 1. The first kappa shape index (κ1) is 11.4. The Morgan fingerprint density at radius 2 is 2.06 bits per heavy atom. The third kappa shape index (κ3) is 2.53. The Morgan fingerprint density at radius 3 is 2.69 bits per heavy atom. The van der Waals surface area contributed by atoms with Crippen LogP contribution in [0.4, 0.5) is 5.82 Å². The molecule has 1 fully saturated rings. The summed E-state index contributed by atoms with van der Waals surface area (Å²) in [5.41, 5.74) is 7.07. The highest BCUT2D eigenvalue weighted by Crippen LogP contribution is 2.30. The van der Waals surface area contributed by atoms with Crippen molar-refractivity contribution in [3.63, 3.8) is 0 Å². The van der Waals surface area contributed by atoms with E-state index >= 15 is 0 Å². The molecule has 88 valence electrons. The van der Waals surface area contributed by atoms with E-state index in [0.717, 1.165) is 11.5 Å². The number of nitrogens with one attached hydrogen (secondary N) is 1. The van der Waals surface area contributed by atoms with E-state index in [9.17, 15) is 0 Å². The van der Waals surface area contributed by atoms with Crippen molar-refractivity contribution < 1.29 is 0 Å². The summed E-state index contributed by atoms with van der Waals surface area (Å²) in [6.45, 7) is 2.71. The van der Waals surface area contributed by atoms with Crippen LogP contribution in [-0.2, 0) is 0 Å². The fourth-order valence-electron chi connectivity index (χ4n) is 2.49. The molecule has 0 aromatic carbocycles. The lowest BCUT2D eigenvalue weighted by Gasteiger charge is -2.37. The Kier molecular flexibility index (Phi) is 3.44. The molecule has 1 heterocycles. The molecule has 1 aromatic heterocycles. The first-order chi connectivity index (χ1) is 7.74. The predicted molar refractivity (Wildman–Crippen MR) is 67.5 cm³/mol. The van der Waals surface area contributed by atoms with Crippen LogP contribution in [-0.4, -0.2) is 17.1 Å². The average Bonchev–Trinajstić information content (AvgIpc) is 2.30. The summed E-state index contributed by atoms with van der Waals surface area (Å²) in [6.07, 6.45) is 6.22. The molecule has 0 spiro atoms. The summed E-state index contributed by atoms with van der Waals surface area (Å²) in [7, 11) is 0. The summed E-state index contributed by atoms with van der Waals surface area (Å²) < 4.78 is 0. The molecule has 0 unspecified atom stereocenters. The summed E-state index contributed by atoms with van der Waals surface area (Å²) in [6, 6.07) is 6.08. The molecule has 16 heavy (non-hydrogen) atoms. The summed E-state index contributed by atoms with van der Waals surface area (Å²) in [5, 5.41) is 3.55. The van der Waals surface area contributed by atoms with Crippen molar-refractivity contribution in [3.8, 4) is 0 Å². The number of aryl methyl sites for hydroxylation is 1. The van der Waals surface area contributed by atoms with Gasteiger partial charge >= 0.3 is 0 Å². The molecule has 3 N–H and O–H groups in total. The highest BCUT2D eigenvalue weighted by atomic mass is 15.1. The van der Waals surface area contributed by atoms with E-state index in [0.29, 0.717) is 6.54 Å². The fourth-order valence-corrected chi connectivity index (χ4v) is 2.49. The van der Waals surface area contributed by atoms with Gasteiger partial charge in [0.2, 0.25) is 0 Å². The average molecular weight is 219 g/mol. The zero-order valence-corrected chi connectivity index (χ0v) is 10.00. The molecule has 0 amide bonds. The van der Waals surface area contributed by atoms with Crippen LogP contribution in [0.3, 0.4) is 0 Å². The standard InChI is InChI=1S/C13H21N3/c1-11-6-5-7-12(15-11)16-13(10-14)8-3-2-4-9-13/h5-7H,2-4,8-10,14H2,1H3,(H,15,16). The second-order valence-corrected chi connectivity index (χ2v) is 4.83. The number of rotatable bonds is 3. The lowest BCUT2D eigenvalue weighted by Crippen LogP contribution is -2.47. The van der Waals surface area contributed by atoms with Gasteiger partial charge in [0.15, 0.2) is 0 Å². The maximum Gasteiger partial charge on any atom is 0.126 e. The molecule has 0 atom stereocenters. The molecule has 1 aliphatic carbocycles. The van der Waals surface area contributed by atoms with Gasteiger partial charge in [-0.25, -0.2) is 4.98 Å². The Labute approximate surface area is 97.5 Å². The van der Waals surface area contributed by atoms with E-state index in [4.69, 9.17) is 5.73 Å². The lowest BCUT2D eigenvalue weighted by atomic mass is 9.81. The Hall–Kier alpha value is -1.09. The van der Waals surface area contributed by atoms with Gasteiger partial charge in [-0.05, 0) is 31.9 Å². The third-order valence-electron chi connectivity index (χ3n) is 3.48. The quantitative estimate of drug-likeness (QED) is 0.821. The van der Waals surface area contributed by atoms with Gasteiger partial charge in [-0.1, -0.05) is 25.3 Å². The molecular formula is C13H21N3. The van der Waals surface area contributed by atoms with Gasteiger partial charge in [-0.15, -0.1) is 0 Å². The van der Waals surface area contributed by atoms with Crippen molar-refractivity contribution in [2.24, 2.45) is 5.73 Å². The maximum absolute atomic E-state index is 5.93. The SMILES string of the molecule is Cc1cccc(NC2(CN)CCCCC2)n1. The first-order valence-corrected chi connectivity index (χ1v) is 6.16. The van der Waals surface area contributed by atoms with Crippen LogP contribution in [0.15, 0.2) is 18.2 Å². The molecule has 3 nitrogen and oxygen atoms in total. The van der Waals surface area contributed by atoms with E-state index in [-0.39, 0.29) is 5.54 Å². The molecular weight excluding hydrogens is 198 g/mol. The maximum atomic E-state index is 5.93. The van der Waals surface area contributed by atoms with Crippen molar-refractivity contribution in [2.45, 2.75) is 44.6 Å². The van der Waals surface area contributed by atoms with Crippen molar-refractivity contribution in [1.29, 1.82) is 0 Å². The number of nitrogens with zero attached hydrogens (tertiary/aromatic N) is 1. The lowest BCUT2D eigenvalue weighted by molar-refractivity contribution is 0.330. The second kappa shape index (κ2) is 4.83. The molecule has 0 bridgehead atoms. The molecule has 1 aliphatic rings. The van der Waals surface area contributed by atoms with Gasteiger partial charge in [-0.3, -0.25) is 0 Å². The van der Waals surface area contributed by atoms with Crippen molar-refractivity contribution in [1.82, 2.24) is 4.98 Å². The number of anilines is 1. The number of hydrogen-bond donors (Lipinski definition) is 2. The van der Waals surface area contributed by atoms with E-state index in [1.807, 2.05) is 25.1 Å². The van der Waals surface area contributed by atoms with Gasteiger partial charge < -0.3 is 11.1 Å². The minimum absolute atomic E-state index is 0.0824. The van der Waals surface area contributed by atoms with Gasteiger partial charge in [0.1, 0.15) is 5.82 Å². The molecule has 0 radical (unpaired) electrons. The van der Waals surface area contributed by atoms with E-state index < -0.39 is 0 Å². The first-order valence-electron chi connectivity index (χ1n) is 6.16. The third-order valence-corrected chi connectivity index (χ3v) is 3.48. The highest BCUT2D eigenvalue weighted by Gasteiger charge is 2.30. The summed E-state index contributed by atoms with van der Waals surface area (Å²) >= 11 is 0. The van der Waals surface area contributed by atoms with Crippen LogP contribution < -0.4 is 11.1 Å². The van der Waals surface area contributed by atoms with Crippen LogP contribution in [0.25, 0.3) is 0 Å². The summed E-state index contributed by atoms with van der Waals surface area (Å²) in [5.74, 6) is 0.965. The number of pyridine rings is 1. The van der Waals surface area contributed by atoms with Crippen molar-refractivity contribution in [3.05, 3.63) is 23.9 Å². The van der Waals surface area contributed by atoms with E-state index in [1.165, 1.54) is 32.1 Å². The van der Waals surface area contributed by atoms with E-state index in [1.54, 1.807) is 0 Å². The molecule has 2 rings (SSSR count). The molecule has 1 aromatic rings. The van der Waals surface area contributed by atoms with E-state index in [2.05, 4.69) is 10.3 Å². The van der Waals surface area contributed by atoms with Crippen molar-refractivity contribution >= 4 is 5.82 Å². The monoisotopic (exact) mass is 219 g/mol. The number of nitrogens with two attached hydrogens (primary N) is 1. The minimum atomic E-state index is 0.0824. The summed E-state index contributed by atoms with van der Waals surface area (Å²) in [4.78, 5) is 4.49. The molecule has 0 aliphatic heterocycles. The van der Waals surface area contributed by atoms with Crippen LogP contribution in [0.1, 0.15) is 37.8 Å². The van der Waals surface area contributed by atoms with Crippen LogP contribution in [0.5, 0.6) is 0 Å². The smallest absolute Gasteiger partial charge is 0.126 e. The van der Waals surface area contributed by atoms with Crippen molar-refractivity contribution in [2.75, 3.05) is 11.9 Å². The largest absolute Gasteiger partial charge is 0.363 e. The minimum Gasteiger partial charge on any atom is -0.363 e. The van der Waals surface area contributed by atoms with Gasteiger partial charge in [0.05, 0.1) is 5.54 Å². The van der Waals surface area contributed by atoms with Crippen LogP contribution >= 0.6 is 0 Å². The fraction of sp³-hybridized carbons (Fsp3) is 0.615. The highest BCUT2D eigenvalue weighted by molar-refractivity contribution is 5.39. The number of hydrogen-bond acceptors (Lipinski definition) is 3. The van der Waals surface area contributed by atoms with Crippen LogP contribution in [0.2, 0.25) is 0 Å². The Morgan fingerprint density at radius 1 is 1.31 bits per heavy atom. The van der Waals surface area contributed by atoms with Crippen LogP contribution in [0, 0.1) is 6.92 Å². The van der Waals surface area contributed by atoms with Gasteiger partial charge in [0.25, 0.3) is 0 Å². The normalized spacial score (nSPS) is 19.4. The van der Waals surface area contributed by atoms with Gasteiger partial charge in [-0.2, -0.15) is 0 Å². The molecule has 3 heteroatoms.